The van der Waals surface area contributed by atoms with Gasteiger partial charge in [-0.1, -0.05) is 55.9 Å². The number of carbonyl (C=O) groups excluding carboxylic acids is 2. The highest BCUT2D eigenvalue weighted by Gasteiger charge is 2.56. The van der Waals surface area contributed by atoms with Crippen LogP contribution in [0.3, 0.4) is 0 Å². The molecule has 1 saturated heterocycles. The number of thioether (sulfide) groups is 1. The van der Waals surface area contributed by atoms with Gasteiger partial charge in [0.25, 0.3) is 11.6 Å². The lowest BCUT2D eigenvalue weighted by Gasteiger charge is -2.46. The monoisotopic (exact) mass is 453 g/mol. The number of esters is 1. The first-order valence-corrected chi connectivity index (χ1v) is 11.2. The molecule has 2 heterocycles. The fraction of sp³-hybridized carbons (Fsp3) is 0.348. The molecule has 3 atom stereocenters. The molecule has 0 radical (unpaired) electrons. The summed E-state index contributed by atoms with van der Waals surface area (Å²) in [6.45, 7) is 3.74. The number of aliphatic imine (C=N–C) groups is 1. The van der Waals surface area contributed by atoms with Crippen LogP contribution in [0.5, 0.6) is 0 Å². The van der Waals surface area contributed by atoms with Gasteiger partial charge in [-0.3, -0.25) is 19.9 Å². The number of nitrogens with zero attached hydrogens (tertiary/aromatic N) is 3. The van der Waals surface area contributed by atoms with Crippen molar-refractivity contribution in [3.63, 3.8) is 0 Å². The van der Waals surface area contributed by atoms with Crippen LogP contribution in [0, 0.1) is 16.0 Å². The van der Waals surface area contributed by atoms with Crippen LogP contribution in [0.25, 0.3) is 0 Å². The first kappa shape index (κ1) is 22.0. The van der Waals surface area contributed by atoms with Gasteiger partial charge < -0.3 is 9.64 Å². The van der Waals surface area contributed by atoms with Crippen molar-refractivity contribution in [2.75, 3.05) is 0 Å². The fourth-order valence-electron chi connectivity index (χ4n) is 3.85. The van der Waals surface area contributed by atoms with Crippen molar-refractivity contribution < 1.29 is 19.2 Å². The smallest absolute Gasteiger partial charge is 0.329 e. The number of hydrogen-bond donors (Lipinski definition) is 0. The molecule has 3 unspecified atom stereocenters. The summed E-state index contributed by atoms with van der Waals surface area (Å²) in [6.07, 6.45) is 0.663. The molecule has 1 amide bonds. The average Bonchev–Trinajstić information content (AvgIpc) is 3.15. The van der Waals surface area contributed by atoms with Gasteiger partial charge in [0, 0.05) is 18.6 Å². The summed E-state index contributed by atoms with van der Waals surface area (Å²) >= 11 is 1.53. The first-order valence-electron chi connectivity index (χ1n) is 10.3. The van der Waals surface area contributed by atoms with Crippen LogP contribution in [0.1, 0.15) is 25.0 Å². The summed E-state index contributed by atoms with van der Waals surface area (Å²) < 4.78 is 5.48. The van der Waals surface area contributed by atoms with E-state index in [0.29, 0.717) is 12.0 Å². The van der Waals surface area contributed by atoms with E-state index in [-0.39, 0.29) is 29.5 Å². The minimum atomic E-state index is -0.708. The second-order valence-electron chi connectivity index (χ2n) is 8.10. The number of amides is 1. The minimum absolute atomic E-state index is 0.0148. The van der Waals surface area contributed by atoms with E-state index in [9.17, 15) is 19.7 Å². The van der Waals surface area contributed by atoms with E-state index in [1.54, 1.807) is 17.0 Å². The van der Waals surface area contributed by atoms with Crippen molar-refractivity contribution in [3.8, 4) is 0 Å². The Hall–Kier alpha value is -3.20. The van der Waals surface area contributed by atoms with Crippen LogP contribution in [0.15, 0.2) is 59.6 Å². The van der Waals surface area contributed by atoms with Crippen LogP contribution in [0.4, 0.5) is 5.69 Å². The van der Waals surface area contributed by atoms with Gasteiger partial charge in [0.05, 0.1) is 9.97 Å². The molecule has 2 aromatic carbocycles. The molecule has 0 saturated carbocycles. The van der Waals surface area contributed by atoms with E-state index >= 15 is 0 Å². The zero-order chi connectivity index (χ0) is 22.8. The summed E-state index contributed by atoms with van der Waals surface area (Å²) in [5, 5.41) is 11.5. The molecule has 1 fully saturated rings. The lowest BCUT2D eigenvalue weighted by atomic mass is 9.96. The third-order valence-electron chi connectivity index (χ3n) is 5.49. The van der Waals surface area contributed by atoms with E-state index in [1.165, 1.54) is 23.9 Å². The Morgan fingerprint density at radius 3 is 2.47 bits per heavy atom. The quantitative estimate of drug-likeness (QED) is 0.262. The van der Waals surface area contributed by atoms with Gasteiger partial charge in [-0.25, -0.2) is 4.79 Å². The number of fused-ring (bicyclic) bond motifs is 1. The summed E-state index contributed by atoms with van der Waals surface area (Å²) in [5.41, 5.74) is 1.74. The lowest BCUT2D eigenvalue weighted by Crippen LogP contribution is -2.67. The summed E-state index contributed by atoms with van der Waals surface area (Å²) in [7, 11) is 0. The highest BCUT2D eigenvalue weighted by Crippen LogP contribution is 2.42. The zero-order valence-corrected chi connectivity index (χ0v) is 18.5. The topological polar surface area (TPSA) is 102 Å². The molecule has 9 heteroatoms. The summed E-state index contributed by atoms with van der Waals surface area (Å²) in [6, 6.07) is 14.6. The normalized spacial score (nSPS) is 20.4. The van der Waals surface area contributed by atoms with Crippen molar-refractivity contribution in [1.29, 1.82) is 0 Å². The van der Waals surface area contributed by atoms with Crippen LogP contribution in [-0.4, -0.2) is 44.2 Å². The van der Waals surface area contributed by atoms with Crippen LogP contribution in [0.2, 0.25) is 0 Å². The second-order valence-corrected chi connectivity index (χ2v) is 9.29. The third-order valence-corrected chi connectivity index (χ3v) is 6.74. The molecule has 0 spiro atoms. The van der Waals surface area contributed by atoms with Crippen molar-refractivity contribution in [2.24, 2.45) is 10.9 Å². The Morgan fingerprint density at radius 1 is 1.16 bits per heavy atom. The predicted octanol–water partition coefficient (Wildman–Crippen LogP) is 3.59. The van der Waals surface area contributed by atoms with Gasteiger partial charge in [-0.05, 0) is 29.2 Å². The highest BCUT2D eigenvalue weighted by molar-refractivity contribution is 8.14. The zero-order valence-electron chi connectivity index (χ0n) is 17.7. The predicted molar refractivity (Wildman–Crippen MR) is 121 cm³/mol. The van der Waals surface area contributed by atoms with Crippen molar-refractivity contribution >= 4 is 34.4 Å². The van der Waals surface area contributed by atoms with Crippen molar-refractivity contribution in [2.45, 2.75) is 44.3 Å². The van der Waals surface area contributed by atoms with Gasteiger partial charge in [-0.15, -0.1) is 0 Å². The van der Waals surface area contributed by atoms with Gasteiger partial charge in [-0.2, -0.15) is 0 Å². The minimum Gasteiger partial charge on any atom is -0.459 e. The number of carbonyl (C=O) groups is 2. The van der Waals surface area contributed by atoms with E-state index in [2.05, 4.69) is 4.99 Å². The van der Waals surface area contributed by atoms with Crippen molar-refractivity contribution in [3.05, 3.63) is 75.8 Å². The molecular weight excluding hydrogens is 430 g/mol. The molecule has 2 aliphatic heterocycles. The standard InChI is InChI=1S/C23H23N3O5S/c1-14(2)20(23(28)31-13-16-8-10-17(11-9-16)26(29)30)25-21(27)19-22(25)32-18(24-19)12-15-6-4-3-5-7-15/h3-11,14,19-20,22H,12-13H2,1-2H3. The average molecular weight is 454 g/mol. The molecule has 166 valence electrons. The number of hydrogen-bond acceptors (Lipinski definition) is 7. The maximum Gasteiger partial charge on any atom is 0.329 e. The Morgan fingerprint density at radius 2 is 1.84 bits per heavy atom. The number of benzene rings is 2. The second kappa shape index (κ2) is 9.12. The molecule has 0 bridgehead atoms. The maximum atomic E-state index is 12.9. The third kappa shape index (κ3) is 4.38. The van der Waals surface area contributed by atoms with E-state index in [0.717, 1.165) is 10.6 Å². The molecule has 0 aromatic heterocycles. The molecule has 8 nitrogen and oxygen atoms in total. The van der Waals surface area contributed by atoms with Gasteiger partial charge in [0.15, 0.2) is 6.04 Å². The number of ether oxygens (including phenoxy) is 1. The molecule has 2 aromatic rings. The van der Waals surface area contributed by atoms with Crippen LogP contribution < -0.4 is 0 Å². The maximum absolute atomic E-state index is 12.9. The number of β-lactam (4-membered cyclic amide) rings is 1. The Kier molecular flexibility index (Phi) is 6.27. The highest BCUT2D eigenvalue weighted by atomic mass is 32.2. The number of rotatable bonds is 8. The molecule has 0 N–H and O–H groups in total. The van der Waals surface area contributed by atoms with Gasteiger partial charge in [0.2, 0.25) is 0 Å². The fourth-order valence-corrected chi connectivity index (χ4v) is 5.21. The summed E-state index contributed by atoms with van der Waals surface area (Å²) in [5.74, 6) is -0.776. The molecule has 32 heavy (non-hydrogen) atoms. The number of nitro benzene ring substituents is 1. The Bertz CT molecular complexity index is 1060. The number of likely N-dealkylation sites (tertiary alicyclic amines) is 1. The molecule has 2 aliphatic rings. The molecule has 4 rings (SSSR count). The van der Waals surface area contributed by atoms with Gasteiger partial charge in [0.1, 0.15) is 18.0 Å². The Balaban J connectivity index is 1.39. The lowest BCUT2D eigenvalue weighted by molar-refractivity contribution is -0.384. The SMILES string of the molecule is CC(C)C(C(=O)OCc1ccc([N+](=O)[O-])cc1)N1C(=O)C2N=C(Cc3ccccc3)SC21. The van der Waals surface area contributed by atoms with Crippen LogP contribution >= 0.6 is 11.8 Å². The van der Waals surface area contributed by atoms with E-state index in [4.69, 9.17) is 4.74 Å². The molecule has 0 aliphatic carbocycles. The number of nitro groups is 1. The van der Waals surface area contributed by atoms with E-state index < -0.39 is 23.0 Å². The van der Waals surface area contributed by atoms with E-state index in [1.807, 2.05) is 44.2 Å². The van der Waals surface area contributed by atoms with Gasteiger partial charge >= 0.3 is 5.97 Å². The molecular formula is C23H23N3O5S. The summed E-state index contributed by atoms with van der Waals surface area (Å²) in [4.78, 5) is 42.2. The van der Waals surface area contributed by atoms with Crippen LogP contribution in [-0.2, 0) is 27.4 Å². The first-order chi connectivity index (χ1) is 15.3. The Labute approximate surface area is 189 Å². The largest absolute Gasteiger partial charge is 0.459 e. The number of non-ortho nitro benzene ring substituents is 1. The van der Waals surface area contributed by atoms with Crippen molar-refractivity contribution in [1.82, 2.24) is 4.90 Å².